The summed E-state index contributed by atoms with van der Waals surface area (Å²) >= 11 is 0. The molecule has 1 amide bonds. The number of esters is 1. The SMILES string of the molecule is CCOC(=O)CCCCCNOCC(N)=O. The zero-order valence-corrected chi connectivity index (χ0v) is 9.66. The summed E-state index contributed by atoms with van der Waals surface area (Å²) in [5.74, 6) is -0.657. The van der Waals surface area contributed by atoms with Crippen LogP contribution in [-0.4, -0.2) is 31.6 Å². The monoisotopic (exact) mass is 232 g/mol. The van der Waals surface area contributed by atoms with Gasteiger partial charge in [-0.2, -0.15) is 0 Å². The minimum atomic E-state index is -0.505. The van der Waals surface area contributed by atoms with Gasteiger partial charge in [0.05, 0.1) is 6.61 Å². The van der Waals surface area contributed by atoms with E-state index in [0.29, 0.717) is 19.6 Å². The smallest absolute Gasteiger partial charge is 0.305 e. The van der Waals surface area contributed by atoms with Crippen LogP contribution in [0.2, 0.25) is 0 Å². The lowest BCUT2D eigenvalue weighted by molar-refractivity contribution is -0.143. The third-order valence-corrected chi connectivity index (χ3v) is 1.78. The summed E-state index contributed by atoms with van der Waals surface area (Å²) in [6.07, 6.45) is 3.04. The standard InChI is InChI=1S/C10H20N2O4/c1-2-15-10(14)6-4-3-5-7-12-16-8-9(11)13/h12H,2-8H2,1H3,(H2,11,13). The molecule has 0 unspecified atom stereocenters. The van der Waals surface area contributed by atoms with Crippen molar-refractivity contribution in [3.05, 3.63) is 0 Å². The first kappa shape index (κ1) is 14.9. The topological polar surface area (TPSA) is 90.7 Å². The average Bonchev–Trinajstić information content (AvgIpc) is 2.22. The number of amides is 1. The Kier molecular flexibility index (Phi) is 9.64. The van der Waals surface area contributed by atoms with Gasteiger partial charge in [0.25, 0.3) is 0 Å². The summed E-state index contributed by atoms with van der Waals surface area (Å²) in [6, 6.07) is 0. The first-order chi connectivity index (χ1) is 7.66. The largest absolute Gasteiger partial charge is 0.466 e. The van der Waals surface area contributed by atoms with Crippen molar-refractivity contribution < 1.29 is 19.2 Å². The minimum Gasteiger partial charge on any atom is -0.466 e. The fourth-order valence-electron chi connectivity index (χ4n) is 1.07. The van der Waals surface area contributed by atoms with E-state index in [1.54, 1.807) is 6.92 Å². The van der Waals surface area contributed by atoms with Crippen LogP contribution in [0.25, 0.3) is 0 Å². The van der Waals surface area contributed by atoms with Crippen molar-refractivity contribution in [1.82, 2.24) is 5.48 Å². The van der Waals surface area contributed by atoms with Crippen LogP contribution in [0.3, 0.4) is 0 Å². The highest BCUT2D eigenvalue weighted by Gasteiger charge is 2.00. The molecule has 0 radical (unpaired) electrons. The predicted molar refractivity (Wildman–Crippen MR) is 58.3 cm³/mol. The predicted octanol–water partition coefficient (Wildman–Crippen LogP) is 0.116. The number of nitrogens with one attached hydrogen (secondary N) is 1. The highest BCUT2D eigenvalue weighted by Crippen LogP contribution is 2.00. The third-order valence-electron chi connectivity index (χ3n) is 1.78. The second-order valence-corrected chi connectivity index (χ2v) is 3.27. The molecule has 16 heavy (non-hydrogen) atoms. The van der Waals surface area contributed by atoms with Crippen LogP contribution < -0.4 is 11.2 Å². The van der Waals surface area contributed by atoms with Gasteiger partial charge in [-0.25, -0.2) is 5.48 Å². The van der Waals surface area contributed by atoms with Gasteiger partial charge in [0.15, 0.2) is 0 Å². The van der Waals surface area contributed by atoms with Crippen LogP contribution >= 0.6 is 0 Å². The zero-order valence-electron chi connectivity index (χ0n) is 9.66. The number of carbonyl (C=O) groups is 2. The minimum absolute atomic E-state index is 0.122. The maximum Gasteiger partial charge on any atom is 0.305 e. The van der Waals surface area contributed by atoms with E-state index in [0.717, 1.165) is 19.3 Å². The molecule has 0 saturated heterocycles. The fraction of sp³-hybridized carbons (Fsp3) is 0.800. The Morgan fingerprint density at radius 2 is 2.00 bits per heavy atom. The summed E-state index contributed by atoms with van der Waals surface area (Å²) in [5.41, 5.74) is 7.47. The van der Waals surface area contributed by atoms with Crippen LogP contribution in [0.4, 0.5) is 0 Å². The molecule has 0 aromatic carbocycles. The Morgan fingerprint density at radius 1 is 1.25 bits per heavy atom. The number of unbranched alkanes of at least 4 members (excludes halogenated alkanes) is 2. The number of primary amides is 1. The van der Waals surface area contributed by atoms with Crippen molar-refractivity contribution >= 4 is 11.9 Å². The van der Waals surface area contributed by atoms with E-state index in [2.05, 4.69) is 5.48 Å². The van der Waals surface area contributed by atoms with Crippen LogP contribution in [0, 0.1) is 0 Å². The lowest BCUT2D eigenvalue weighted by atomic mass is 10.2. The van der Waals surface area contributed by atoms with E-state index >= 15 is 0 Å². The average molecular weight is 232 g/mol. The van der Waals surface area contributed by atoms with Crippen LogP contribution in [-0.2, 0) is 19.2 Å². The molecule has 0 saturated carbocycles. The molecule has 0 fully saturated rings. The van der Waals surface area contributed by atoms with E-state index < -0.39 is 5.91 Å². The highest BCUT2D eigenvalue weighted by molar-refractivity contribution is 5.74. The molecule has 0 heterocycles. The number of hydrogen-bond acceptors (Lipinski definition) is 5. The lowest BCUT2D eigenvalue weighted by Gasteiger charge is -2.04. The Hall–Kier alpha value is -1.14. The van der Waals surface area contributed by atoms with Gasteiger partial charge in [-0.1, -0.05) is 6.42 Å². The first-order valence-corrected chi connectivity index (χ1v) is 5.45. The van der Waals surface area contributed by atoms with Gasteiger partial charge in [-0.3, -0.25) is 14.4 Å². The molecule has 0 atom stereocenters. The number of ether oxygens (including phenoxy) is 1. The second kappa shape index (κ2) is 10.4. The van der Waals surface area contributed by atoms with Gasteiger partial charge < -0.3 is 10.5 Å². The molecule has 6 nitrogen and oxygen atoms in total. The Balaban J connectivity index is 3.09. The van der Waals surface area contributed by atoms with Crippen molar-refractivity contribution in [2.24, 2.45) is 5.73 Å². The van der Waals surface area contributed by atoms with Gasteiger partial charge in [-0.15, -0.1) is 0 Å². The maximum absolute atomic E-state index is 10.9. The maximum atomic E-state index is 10.9. The summed E-state index contributed by atoms with van der Waals surface area (Å²) in [7, 11) is 0. The van der Waals surface area contributed by atoms with Crippen LogP contribution in [0.1, 0.15) is 32.6 Å². The molecular weight excluding hydrogens is 212 g/mol. The molecule has 94 valence electrons. The number of nitrogens with two attached hydrogens (primary N) is 1. The Labute approximate surface area is 95.4 Å². The molecule has 0 spiro atoms. The molecule has 0 aromatic rings. The van der Waals surface area contributed by atoms with Crippen molar-refractivity contribution in [2.75, 3.05) is 19.8 Å². The fourth-order valence-corrected chi connectivity index (χ4v) is 1.07. The Bertz CT molecular complexity index is 209. The third kappa shape index (κ3) is 10.9. The van der Waals surface area contributed by atoms with Crippen LogP contribution in [0.5, 0.6) is 0 Å². The molecule has 3 N–H and O–H groups in total. The van der Waals surface area contributed by atoms with Gasteiger partial charge in [0, 0.05) is 13.0 Å². The van der Waals surface area contributed by atoms with Crippen molar-refractivity contribution in [2.45, 2.75) is 32.6 Å². The summed E-state index contributed by atoms with van der Waals surface area (Å²) in [5, 5.41) is 0. The van der Waals surface area contributed by atoms with E-state index in [1.807, 2.05) is 0 Å². The molecule has 0 rings (SSSR count). The van der Waals surface area contributed by atoms with Gasteiger partial charge in [0.2, 0.25) is 5.91 Å². The highest BCUT2D eigenvalue weighted by atomic mass is 16.6. The number of hydroxylamine groups is 1. The molecule has 0 aromatic heterocycles. The molecule has 0 aliphatic rings. The molecule has 0 bridgehead atoms. The van der Waals surface area contributed by atoms with Gasteiger partial charge in [-0.05, 0) is 19.8 Å². The van der Waals surface area contributed by atoms with Crippen molar-refractivity contribution in [1.29, 1.82) is 0 Å². The quantitative estimate of drug-likeness (QED) is 0.317. The van der Waals surface area contributed by atoms with Crippen molar-refractivity contribution in [3.8, 4) is 0 Å². The summed E-state index contributed by atoms with van der Waals surface area (Å²) in [6.45, 7) is 2.73. The Morgan fingerprint density at radius 3 is 2.62 bits per heavy atom. The van der Waals surface area contributed by atoms with E-state index in [1.165, 1.54) is 0 Å². The number of rotatable bonds is 10. The molecule has 0 aliphatic carbocycles. The molecule has 6 heteroatoms. The number of carbonyl (C=O) groups excluding carboxylic acids is 2. The summed E-state index contributed by atoms with van der Waals surface area (Å²) < 4.78 is 4.78. The van der Waals surface area contributed by atoms with Gasteiger partial charge in [0.1, 0.15) is 6.61 Å². The van der Waals surface area contributed by atoms with E-state index in [9.17, 15) is 9.59 Å². The van der Waals surface area contributed by atoms with Crippen LogP contribution in [0.15, 0.2) is 0 Å². The van der Waals surface area contributed by atoms with Gasteiger partial charge >= 0.3 is 5.97 Å². The van der Waals surface area contributed by atoms with Crippen molar-refractivity contribution in [3.63, 3.8) is 0 Å². The summed E-state index contributed by atoms with van der Waals surface area (Å²) in [4.78, 5) is 26.0. The first-order valence-electron chi connectivity index (χ1n) is 5.45. The number of hydrogen-bond donors (Lipinski definition) is 2. The lowest BCUT2D eigenvalue weighted by Crippen LogP contribution is -2.25. The zero-order chi connectivity index (χ0) is 12.2. The molecule has 0 aliphatic heterocycles. The molecular formula is C10H20N2O4. The van der Waals surface area contributed by atoms with E-state index in [4.69, 9.17) is 15.3 Å². The normalized spacial score (nSPS) is 10.1. The van der Waals surface area contributed by atoms with E-state index in [-0.39, 0.29) is 12.6 Å². The second-order valence-electron chi connectivity index (χ2n) is 3.27.